The number of nitrogens with zero attached hydrogens (tertiary/aromatic N) is 3. The fourth-order valence-corrected chi connectivity index (χ4v) is 4.99. The molecule has 0 bridgehead atoms. The normalized spacial score (nSPS) is 17.5. The molecule has 1 fully saturated rings. The van der Waals surface area contributed by atoms with Crippen LogP contribution in [0.15, 0.2) is 54.7 Å². The second kappa shape index (κ2) is 7.66. The predicted molar refractivity (Wildman–Crippen MR) is 124 cm³/mol. The van der Waals surface area contributed by atoms with Gasteiger partial charge in [0.05, 0.1) is 23.9 Å². The highest BCUT2D eigenvalue weighted by Gasteiger charge is 2.21. The van der Waals surface area contributed by atoms with Crippen molar-refractivity contribution in [3.8, 4) is 11.3 Å². The zero-order valence-electron chi connectivity index (χ0n) is 17.1. The lowest BCUT2D eigenvalue weighted by atomic mass is 10.0. The summed E-state index contributed by atoms with van der Waals surface area (Å²) < 4.78 is 7.90. The summed E-state index contributed by atoms with van der Waals surface area (Å²) in [5, 5.41) is 5.49. The minimum Gasteiger partial charge on any atom is -0.379 e. The van der Waals surface area contributed by atoms with Crippen molar-refractivity contribution < 1.29 is 4.74 Å². The highest BCUT2D eigenvalue weighted by molar-refractivity contribution is 6.31. The fourth-order valence-electron chi connectivity index (χ4n) is 4.79. The molecule has 31 heavy (non-hydrogen) atoms. The van der Waals surface area contributed by atoms with Crippen LogP contribution in [-0.4, -0.2) is 33.8 Å². The quantitative estimate of drug-likeness (QED) is 0.478. The molecule has 4 heterocycles. The van der Waals surface area contributed by atoms with Gasteiger partial charge in [-0.25, -0.2) is 9.97 Å². The minimum atomic E-state index is 0.289. The topological polar surface area (TPSA) is 52.0 Å². The molecule has 1 saturated heterocycles. The molecule has 4 aromatic rings. The van der Waals surface area contributed by atoms with Gasteiger partial charge in [0.2, 0.25) is 5.95 Å². The highest BCUT2D eigenvalue weighted by atomic mass is 35.5. The van der Waals surface area contributed by atoms with Crippen molar-refractivity contribution in [1.82, 2.24) is 14.5 Å². The molecule has 6 heteroatoms. The van der Waals surface area contributed by atoms with E-state index in [9.17, 15) is 0 Å². The number of aromatic nitrogens is 3. The summed E-state index contributed by atoms with van der Waals surface area (Å²) in [6, 6.07) is 17.2. The van der Waals surface area contributed by atoms with Gasteiger partial charge in [0.25, 0.3) is 0 Å². The van der Waals surface area contributed by atoms with Crippen LogP contribution >= 0.6 is 11.6 Å². The average Bonchev–Trinajstić information content (AvgIpc) is 3.52. The van der Waals surface area contributed by atoms with Crippen LogP contribution in [-0.2, 0) is 24.1 Å². The van der Waals surface area contributed by atoms with Crippen molar-refractivity contribution in [2.24, 2.45) is 0 Å². The SMILES string of the molecule is Clc1ccccc1Cc1cc2cc(-c3ccnc(NC4CCOC4)n3)cc3c2n1CC3. The van der Waals surface area contributed by atoms with E-state index in [1.807, 2.05) is 24.4 Å². The summed E-state index contributed by atoms with van der Waals surface area (Å²) in [6.07, 6.45) is 4.71. The van der Waals surface area contributed by atoms with Crippen molar-refractivity contribution in [1.29, 1.82) is 0 Å². The molecule has 1 unspecified atom stereocenters. The maximum absolute atomic E-state index is 6.43. The second-order valence-corrected chi connectivity index (χ2v) is 8.76. The molecule has 0 spiro atoms. The summed E-state index contributed by atoms with van der Waals surface area (Å²) in [4.78, 5) is 9.20. The lowest BCUT2D eigenvalue weighted by Gasteiger charge is -2.11. The van der Waals surface area contributed by atoms with Gasteiger partial charge in [0.15, 0.2) is 0 Å². The summed E-state index contributed by atoms with van der Waals surface area (Å²) in [5.41, 5.74) is 7.29. The Balaban J connectivity index is 1.35. The zero-order chi connectivity index (χ0) is 20.8. The first-order chi connectivity index (χ1) is 15.2. The summed E-state index contributed by atoms with van der Waals surface area (Å²) in [6.45, 7) is 2.52. The van der Waals surface area contributed by atoms with Crippen LogP contribution < -0.4 is 5.32 Å². The molecule has 2 aromatic carbocycles. The molecule has 1 atom stereocenters. The second-order valence-electron chi connectivity index (χ2n) is 8.35. The van der Waals surface area contributed by atoms with E-state index in [1.54, 1.807) is 0 Å². The zero-order valence-corrected chi connectivity index (χ0v) is 17.9. The van der Waals surface area contributed by atoms with Gasteiger partial charge < -0.3 is 14.6 Å². The lowest BCUT2D eigenvalue weighted by Crippen LogP contribution is -2.20. The van der Waals surface area contributed by atoms with Crippen molar-refractivity contribution in [2.75, 3.05) is 18.5 Å². The Morgan fingerprint density at radius 2 is 2.10 bits per heavy atom. The molecule has 2 aromatic heterocycles. The maximum atomic E-state index is 6.43. The van der Waals surface area contributed by atoms with Crippen LogP contribution in [0.2, 0.25) is 5.02 Å². The smallest absolute Gasteiger partial charge is 0.223 e. The van der Waals surface area contributed by atoms with E-state index in [0.717, 1.165) is 48.7 Å². The summed E-state index contributed by atoms with van der Waals surface area (Å²) in [5.74, 6) is 0.668. The minimum absolute atomic E-state index is 0.289. The monoisotopic (exact) mass is 430 g/mol. The number of halogens is 1. The number of ether oxygens (including phenoxy) is 1. The number of nitrogens with one attached hydrogen (secondary N) is 1. The number of benzene rings is 2. The molecule has 2 aliphatic rings. The number of hydrogen-bond donors (Lipinski definition) is 1. The molecule has 156 valence electrons. The maximum Gasteiger partial charge on any atom is 0.223 e. The third-order valence-corrected chi connectivity index (χ3v) is 6.67. The molecule has 2 aliphatic heterocycles. The van der Waals surface area contributed by atoms with Crippen molar-refractivity contribution in [3.05, 3.63) is 76.6 Å². The number of hydrogen-bond acceptors (Lipinski definition) is 4. The van der Waals surface area contributed by atoms with E-state index >= 15 is 0 Å². The standard InChI is InChI=1S/C25H23ClN4O/c26-22-4-2-1-3-16(22)13-21-14-19-12-18(11-17-6-9-30(21)24(17)19)23-5-8-27-25(29-23)28-20-7-10-31-15-20/h1-5,8,11-12,14,20H,6-7,9-10,13,15H2,(H,27,28,29). The van der Waals surface area contributed by atoms with Gasteiger partial charge in [-0.3, -0.25) is 0 Å². The van der Waals surface area contributed by atoms with Gasteiger partial charge in [0.1, 0.15) is 0 Å². The molecular formula is C25H23ClN4O. The van der Waals surface area contributed by atoms with Gasteiger partial charge in [-0.15, -0.1) is 0 Å². The van der Waals surface area contributed by atoms with Gasteiger partial charge >= 0.3 is 0 Å². The van der Waals surface area contributed by atoms with E-state index in [-0.39, 0.29) is 6.04 Å². The Labute approximate surface area is 186 Å². The van der Waals surface area contributed by atoms with E-state index in [4.69, 9.17) is 21.3 Å². The first-order valence-electron chi connectivity index (χ1n) is 10.8. The Kier molecular flexibility index (Phi) is 4.66. The fraction of sp³-hybridized carbons (Fsp3) is 0.280. The largest absolute Gasteiger partial charge is 0.379 e. The summed E-state index contributed by atoms with van der Waals surface area (Å²) >= 11 is 6.43. The molecule has 0 radical (unpaired) electrons. The molecular weight excluding hydrogens is 408 g/mol. The number of rotatable bonds is 5. The molecule has 6 rings (SSSR count). The third-order valence-electron chi connectivity index (χ3n) is 6.31. The molecule has 1 N–H and O–H groups in total. The molecule has 0 saturated carbocycles. The Morgan fingerprint density at radius 3 is 2.97 bits per heavy atom. The van der Waals surface area contributed by atoms with Gasteiger partial charge in [-0.2, -0.15) is 0 Å². The first kappa shape index (κ1) is 18.8. The molecule has 5 nitrogen and oxygen atoms in total. The Morgan fingerprint density at radius 1 is 1.16 bits per heavy atom. The predicted octanol–water partition coefficient (Wildman–Crippen LogP) is 5.10. The average molecular weight is 431 g/mol. The Bertz CT molecular complexity index is 1280. The van der Waals surface area contributed by atoms with Crippen molar-refractivity contribution in [2.45, 2.75) is 31.8 Å². The highest BCUT2D eigenvalue weighted by Crippen LogP contribution is 2.35. The first-order valence-corrected chi connectivity index (χ1v) is 11.2. The van der Waals surface area contributed by atoms with E-state index < -0.39 is 0 Å². The van der Waals surface area contributed by atoms with E-state index in [0.29, 0.717) is 12.6 Å². The van der Waals surface area contributed by atoms with E-state index in [1.165, 1.54) is 27.7 Å². The number of anilines is 1. The molecule has 0 amide bonds. The van der Waals surface area contributed by atoms with Crippen LogP contribution in [0.3, 0.4) is 0 Å². The van der Waals surface area contributed by atoms with Crippen LogP contribution in [0.1, 0.15) is 23.2 Å². The van der Waals surface area contributed by atoms with Crippen molar-refractivity contribution in [3.63, 3.8) is 0 Å². The third kappa shape index (κ3) is 3.48. The summed E-state index contributed by atoms with van der Waals surface area (Å²) in [7, 11) is 0. The lowest BCUT2D eigenvalue weighted by molar-refractivity contribution is 0.195. The Hall–Kier alpha value is -2.89. The van der Waals surface area contributed by atoms with Gasteiger partial charge in [-0.1, -0.05) is 29.8 Å². The number of aryl methyl sites for hydroxylation is 2. The van der Waals surface area contributed by atoms with Crippen LogP contribution in [0.4, 0.5) is 5.95 Å². The molecule has 0 aliphatic carbocycles. The van der Waals surface area contributed by atoms with Crippen LogP contribution in [0.25, 0.3) is 22.2 Å². The van der Waals surface area contributed by atoms with Crippen LogP contribution in [0.5, 0.6) is 0 Å². The van der Waals surface area contributed by atoms with Gasteiger partial charge in [0, 0.05) is 47.4 Å². The van der Waals surface area contributed by atoms with Gasteiger partial charge in [-0.05, 0) is 54.3 Å². The van der Waals surface area contributed by atoms with Crippen LogP contribution in [0, 0.1) is 0 Å². The van der Waals surface area contributed by atoms with Crippen molar-refractivity contribution >= 4 is 28.5 Å². The van der Waals surface area contributed by atoms with E-state index in [2.05, 4.69) is 45.2 Å².